The zero-order valence-corrected chi connectivity index (χ0v) is 60.5. The molecule has 108 heavy (non-hydrogen) atoms. The number of fused-ring (bicyclic) bond motifs is 6. The molecule has 9 aliphatic rings. The standard InChI is InChI=1S/3C26H24ClFN4O4/c3*1-2-20(34)30-8-9-31-15(12-30)13-36-24-22-18(32(11-14-6-7-14)26(35)29-25(22)31)10-16(23(24)27)21-17(28)4-3-5-19(21)33/h3*2-5,10,14-15,33H,1,6-9,11-13H2/t3*15-/m000/s1. The Labute approximate surface area is 629 Å². The van der Waals surface area contributed by atoms with Gasteiger partial charge >= 0.3 is 17.1 Å². The predicted molar refractivity (Wildman–Crippen MR) is 403 cm³/mol. The normalized spacial score (nSPS) is 19.0. The van der Waals surface area contributed by atoms with E-state index in [4.69, 9.17) is 49.0 Å². The van der Waals surface area contributed by atoms with Gasteiger partial charge in [0.25, 0.3) is 0 Å². The van der Waals surface area contributed by atoms with Crippen molar-refractivity contribution >= 4 is 103 Å². The lowest BCUT2D eigenvalue weighted by atomic mass is 10.0. The molecule has 24 nitrogen and oxygen atoms in total. The Balaban J connectivity index is 0.000000124. The van der Waals surface area contributed by atoms with Crippen molar-refractivity contribution in [2.45, 2.75) is 76.3 Å². The highest BCUT2D eigenvalue weighted by molar-refractivity contribution is 6.38. The van der Waals surface area contributed by atoms with Gasteiger partial charge in [-0.1, -0.05) is 72.7 Å². The summed E-state index contributed by atoms with van der Waals surface area (Å²) >= 11 is 20.5. The molecule has 30 heteroatoms. The third kappa shape index (κ3) is 12.9. The van der Waals surface area contributed by atoms with Crippen molar-refractivity contribution in [1.82, 2.24) is 43.4 Å². The fraction of sp³-hybridized carbons (Fsp3) is 0.346. The van der Waals surface area contributed by atoms with Crippen LogP contribution in [0.2, 0.25) is 15.1 Å². The number of hydrogen-bond acceptors (Lipinski definition) is 18. The lowest BCUT2D eigenvalue weighted by Crippen LogP contribution is -2.56. The average molecular weight is 1530 g/mol. The maximum absolute atomic E-state index is 14.9. The first kappa shape index (κ1) is 71.5. The number of anilines is 3. The number of phenols is 3. The van der Waals surface area contributed by atoms with E-state index in [2.05, 4.69) is 34.7 Å². The third-order valence-corrected chi connectivity index (χ3v) is 22.7. The molecule has 6 aromatic carbocycles. The van der Waals surface area contributed by atoms with Crippen LogP contribution in [0.15, 0.2) is 125 Å². The van der Waals surface area contributed by atoms with Gasteiger partial charge in [0.2, 0.25) is 17.7 Å². The number of halogens is 6. The molecule has 3 amide bonds. The third-order valence-electron chi connectivity index (χ3n) is 21.6. The van der Waals surface area contributed by atoms with Crippen molar-refractivity contribution in [3.05, 3.63) is 175 Å². The first-order valence-corrected chi connectivity index (χ1v) is 36.9. The molecule has 6 fully saturated rings. The number of nitrogens with zero attached hydrogens (tertiary/aromatic N) is 12. The van der Waals surface area contributed by atoms with E-state index in [1.165, 1.54) is 72.8 Å². The van der Waals surface area contributed by atoms with E-state index in [9.17, 15) is 57.3 Å². The van der Waals surface area contributed by atoms with Gasteiger partial charge in [0.05, 0.1) is 82.6 Å². The summed E-state index contributed by atoms with van der Waals surface area (Å²) in [6.07, 6.45) is 9.97. The summed E-state index contributed by atoms with van der Waals surface area (Å²) in [5.74, 6) is 0.0504. The van der Waals surface area contributed by atoms with Crippen LogP contribution in [0.25, 0.3) is 66.1 Å². The summed E-state index contributed by atoms with van der Waals surface area (Å²) in [6, 6.07) is 16.3. The fourth-order valence-electron chi connectivity index (χ4n) is 15.6. The van der Waals surface area contributed by atoms with Crippen LogP contribution < -0.4 is 46.0 Å². The molecule has 0 radical (unpaired) electrons. The lowest BCUT2D eigenvalue weighted by molar-refractivity contribution is -0.127. The van der Waals surface area contributed by atoms with Gasteiger partial charge in [-0.15, -0.1) is 0 Å². The Bertz CT molecular complexity index is 4920. The zero-order valence-electron chi connectivity index (χ0n) is 58.2. The van der Waals surface area contributed by atoms with Crippen molar-refractivity contribution in [2.24, 2.45) is 17.8 Å². The predicted octanol–water partition coefficient (Wildman–Crippen LogP) is 10.7. The maximum atomic E-state index is 14.9. The number of carbonyl (C=O) groups excluding carboxylic acids is 3. The number of phenolic OH excluding ortho intramolecular Hbond substituents is 3. The van der Waals surface area contributed by atoms with Gasteiger partial charge in [0.15, 0.2) is 17.2 Å². The van der Waals surface area contributed by atoms with E-state index in [-0.39, 0.29) is 139 Å². The Hall–Kier alpha value is -10.8. The molecule has 9 heterocycles. The highest BCUT2D eigenvalue weighted by atomic mass is 35.5. The number of rotatable bonds is 12. The molecule has 558 valence electrons. The Morgan fingerprint density at radius 2 is 0.713 bits per heavy atom. The smallest absolute Gasteiger partial charge is 0.350 e. The molecule has 0 unspecified atom stereocenters. The second-order valence-corrected chi connectivity index (χ2v) is 29.7. The van der Waals surface area contributed by atoms with E-state index in [0.29, 0.717) is 146 Å². The Kier molecular flexibility index (Phi) is 18.8. The summed E-state index contributed by atoms with van der Waals surface area (Å²) in [4.78, 5) is 101. The molecular weight excluding hydrogens is 1460 g/mol. The summed E-state index contributed by atoms with van der Waals surface area (Å²) in [5.41, 5.74) is 0.883. The van der Waals surface area contributed by atoms with Gasteiger partial charge in [-0.3, -0.25) is 28.1 Å². The number of aromatic nitrogens is 6. The maximum Gasteiger partial charge on any atom is 0.350 e. The molecule has 3 saturated carbocycles. The first-order valence-electron chi connectivity index (χ1n) is 35.8. The van der Waals surface area contributed by atoms with Crippen LogP contribution in [0.1, 0.15) is 38.5 Å². The molecule has 9 aromatic rings. The summed E-state index contributed by atoms with van der Waals surface area (Å²) in [5, 5.41) is 33.6. The minimum absolute atomic E-state index is 0.0576. The van der Waals surface area contributed by atoms with Crippen molar-refractivity contribution in [1.29, 1.82) is 0 Å². The Morgan fingerprint density at radius 3 is 0.954 bits per heavy atom. The van der Waals surface area contributed by atoms with Gasteiger partial charge in [-0.2, -0.15) is 15.0 Å². The largest absolute Gasteiger partial charge is 0.507 e. The van der Waals surface area contributed by atoms with Crippen molar-refractivity contribution in [3.8, 4) is 67.9 Å². The number of hydrogen-bond donors (Lipinski definition) is 3. The zero-order chi connectivity index (χ0) is 75.4. The second kappa shape index (κ2) is 28.4. The van der Waals surface area contributed by atoms with Gasteiger partial charge in [-0.05, 0) is 129 Å². The quantitative estimate of drug-likeness (QED) is 0.0960. The molecule has 18 rings (SSSR count). The molecule has 6 aliphatic heterocycles. The highest BCUT2D eigenvalue weighted by Gasteiger charge is 2.42. The van der Waals surface area contributed by atoms with E-state index in [1.807, 2.05) is 14.7 Å². The van der Waals surface area contributed by atoms with Crippen LogP contribution in [0.4, 0.5) is 30.6 Å². The van der Waals surface area contributed by atoms with Crippen LogP contribution in [0, 0.1) is 35.2 Å². The van der Waals surface area contributed by atoms with E-state index in [1.54, 1.807) is 46.6 Å². The van der Waals surface area contributed by atoms with Crippen LogP contribution >= 0.6 is 34.8 Å². The number of aromatic hydroxyl groups is 3. The van der Waals surface area contributed by atoms with Crippen LogP contribution in [-0.4, -0.2) is 173 Å². The van der Waals surface area contributed by atoms with Crippen molar-refractivity contribution in [2.75, 3.05) is 93.4 Å². The van der Waals surface area contributed by atoms with Gasteiger partial charge in [0.1, 0.15) is 72.0 Å². The topological polar surface area (TPSA) is 264 Å². The Morgan fingerprint density at radius 1 is 0.444 bits per heavy atom. The minimum atomic E-state index is -0.640. The highest BCUT2D eigenvalue weighted by Crippen LogP contribution is 2.53. The van der Waals surface area contributed by atoms with E-state index in [0.717, 1.165) is 38.5 Å². The second-order valence-electron chi connectivity index (χ2n) is 28.5. The molecule has 3 atom stereocenters. The van der Waals surface area contributed by atoms with Gasteiger partial charge < -0.3 is 58.9 Å². The number of carbonyl (C=O) groups is 3. The minimum Gasteiger partial charge on any atom is -0.507 e. The SMILES string of the molecule is C=CC(=O)N1CCN2c3nc(=O)n(CC4CC4)c4cc(-c5c(O)cccc5F)c(Cl)c(c34)OC[C@@H]2C1.C=CC(=O)N1CCN2c3nc(=O)n(CC4CC4)c4cc(-c5c(O)cccc5F)c(Cl)c(c34)OC[C@@H]2C1.C=CC(=O)N1CCN2c3nc(=O)n(CC4CC4)c4cc(-c5c(O)cccc5F)c(Cl)c(c34)OC[C@@H]2C1. The summed E-state index contributed by atoms with van der Waals surface area (Å²) < 4.78 is 68.3. The molecule has 3 N–H and O–H groups in total. The number of amides is 3. The van der Waals surface area contributed by atoms with E-state index >= 15 is 0 Å². The summed E-state index contributed by atoms with van der Waals surface area (Å²) in [7, 11) is 0. The first-order chi connectivity index (χ1) is 52.1. The van der Waals surface area contributed by atoms with Crippen LogP contribution in [0.5, 0.6) is 34.5 Å². The molecule has 0 bridgehead atoms. The van der Waals surface area contributed by atoms with Gasteiger partial charge in [-0.25, -0.2) is 27.6 Å². The lowest BCUT2D eigenvalue weighted by Gasteiger charge is -2.40. The van der Waals surface area contributed by atoms with Crippen LogP contribution in [0.3, 0.4) is 0 Å². The van der Waals surface area contributed by atoms with Crippen LogP contribution in [-0.2, 0) is 34.0 Å². The molecule has 0 spiro atoms. The summed E-state index contributed by atoms with van der Waals surface area (Å²) in [6.45, 7) is 16.5. The number of benzene rings is 6. The van der Waals surface area contributed by atoms with E-state index < -0.39 is 34.5 Å². The average Bonchev–Trinajstić information content (AvgIpc) is 0.971. The monoisotopic (exact) mass is 1530 g/mol. The number of ether oxygens (including phenoxy) is 3. The molecular formula is C78H72Cl3F3N12O12. The van der Waals surface area contributed by atoms with Crippen molar-refractivity contribution in [3.63, 3.8) is 0 Å². The fourth-order valence-corrected chi connectivity index (χ4v) is 16.4. The molecule has 3 aromatic heterocycles. The van der Waals surface area contributed by atoms with Crippen molar-refractivity contribution < 1.29 is 57.1 Å². The number of piperazine rings is 3. The van der Waals surface area contributed by atoms with Gasteiger partial charge in [0, 0.05) is 95.2 Å². The molecule has 3 saturated heterocycles. The molecule has 3 aliphatic carbocycles.